The molecule has 4 aromatic rings. The van der Waals surface area contributed by atoms with E-state index in [1.807, 2.05) is 48.5 Å². The Morgan fingerprint density at radius 1 is 0.541 bits per heavy atom. The van der Waals surface area contributed by atoms with Crippen molar-refractivity contribution in [3.05, 3.63) is 107 Å². The molecule has 2 heterocycles. The van der Waals surface area contributed by atoms with Crippen LogP contribution in [0.1, 0.15) is 31.8 Å². The van der Waals surface area contributed by atoms with Crippen LogP contribution in [0.25, 0.3) is 0 Å². The first kappa shape index (κ1) is 22.5. The predicted octanol–water partition coefficient (Wildman–Crippen LogP) is 5.24. The normalized spacial score (nSPS) is 12.8. The third-order valence-electron chi connectivity index (χ3n) is 6.10. The molecule has 8 heteroatoms. The fourth-order valence-electron chi connectivity index (χ4n) is 4.13. The van der Waals surface area contributed by atoms with Gasteiger partial charge in [-0.1, -0.05) is 24.3 Å². The maximum absolute atomic E-state index is 12.6. The minimum atomic E-state index is -0.218. The fraction of sp³-hybridized carbons (Fsp3) is 0.103. The van der Waals surface area contributed by atoms with E-state index in [0.29, 0.717) is 51.9 Å². The maximum Gasteiger partial charge on any atom is 0.255 e. The van der Waals surface area contributed by atoms with Gasteiger partial charge in [0.15, 0.2) is 23.0 Å². The fourth-order valence-corrected chi connectivity index (χ4v) is 4.13. The number of hydrogen-bond donors (Lipinski definition) is 2. The van der Waals surface area contributed by atoms with Gasteiger partial charge < -0.3 is 29.6 Å². The van der Waals surface area contributed by atoms with Crippen LogP contribution in [-0.2, 0) is 6.42 Å². The molecule has 4 aromatic carbocycles. The summed E-state index contributed by atoms with van der Waals surface area (Å²) in [5.74, 6) is 1.99. The van der Waals surface area contributed by atoms with E-state index in [4.69, 9.17) is 18.9 Å². The van der Waals surface area contributed by atoms with E-state index < -0.39 is 0 Å². The molecule has 0 fully saturated rings. The molecule has 37 heavy (non-hydrogen) atoms. The zero-order chi connectivity index (χ0) is 25.2. The lowest BCUT2D eigenvalue weighted by Crippen LogP contribution is -2.12. The first-order valence-electron chi connectivity index (χ1n) is 11.7. The number of anilines is 2. The van der Waals surface area contributed by atoms with Crippen LogP contribution in [0.3, 0.4) is 0 Å². The van der Waals surface area contributed by atoms with E-state index in [-0.39, 0.29) is 25.4 Å². The largest absolute Gasteiger partial charge is 0.454 e. The average molecular weight is 495 g/mol. The monoisotopic (exact) mass is 494 g/mol. The summed E-state index contributed by atoms with van der Waals surface area (Å²) in [6, 6.07) is 25.6. The predicted molar refractivity (Wildman–Crippen MR) is 137 cm³/mol. The zero-order valence-corrected chi connectivity index (χ0v) is 19.7. The molecule has 2 aliphatic rings. The van der Waals surface area contributed by atoms with E-state index in [9.17, 15) is 9.59 Å². The highest BCUT2D eigenvalue weighted by molar-refractivity contribution is 6.05. The van der Waals surface area contributed by atoms with Gasteiger partial charge in [-0.25, -0.2) is 0 Å². The van der Waals surface area contributed by atoms with Crippen LogP contribution >= 0.6 is 0 Å². The average Bonchev–Trinajstić information content (AvgIpc) is 3.59. The van der Waals surface area contributed by atoms with Crippen molar-refractivity contribution in [3.8, 4) is 23.0 Å². The minimum absolute atomic E-state index is 0.167. The van der Waals surface area contributed by atoms with Crippen molar-refractivity contribution in [1.29, 1.82) is 0 Å². The molecule has 0 aliphatic carbocycles. The summed E-state index contributed by atoms with van der Waals surface area (Å²) in [6.45, 7) is 0.334. The molecule has 6 rings (SSSR count). The first-order valence-corrected chi connectivity index (χ1v) is 11.7. The number of ether oxygens (including phenoxy) is 4. The highest BCUT2D eigenvalue weighted by atomic mass is 16.7. The molecular formula is C29H22N2O6. The van der Waals surface area contributed by atoms with Crippen LogP contribution in [-0.4, -0.2) is 25.4 Å². The van der Waals surface area contributed by atoms with E-state index in [0.717, 1.165) is 11.1 Å². The molecule has 0 atom stereocenters. The summed E-state index contributed by atoms with van der Waals surface area (Å²) in [5.41, 5.74) is 4.59. The molecule has 2 N–H and O–H groups in total. The summed E-state index contributed by atoms with van der Waals surface area (Å²) in [7, 11) is 0. The molecule has 8 nitrogen and oxygen atoms in total. The van der Waals surface area contributed by atoms with E-state index in [2.05, 4.69) is 10.6 Å². The van der Waals surface area contributed by atoms with Crippen molar-refractivity contribution in [2.24, 2.45) is 0 Å². The number of hydrogen-bond acceptors (Lipinski definition) is 6. The molecule has 0 aromatic heterocycles. The van der Waals surface area contributed by atoms with Crippen LogP contribution < -0.4 is 29.6 Å². The van der Waals surface area contributed by atoms with E-state index in [1.165, 1.54) is 0 Å². The van der Waals surface area contributed by atoms with Crippen LogP contribution in [0.2, 0.25) is 0 Å². The zero-order valence-electron chi connectivity index (χ0n) is 19.7. The number of amides is 2. The SMILES string of the molecule is O=C(Nc1ccc(Cc2ccc(NC(=O)c3ccc4c(c3)OCO4)cc2)cc1)c1ccc2c(c1)OCO2. The van der Waals surface area contributed by atoms with Crippen molar-refractivity contribution in [1.82, 2.24) is 0 Å². The van der Waals surface area contributed by atoms with Gasteiger partial charge in [0, 0.05) is 22.5 Å². The Balaban J connectivity index is 1.04. The molecule has 0 unspecified atom stereocenters. The number of nitrogens with one attached hydrogen (secondary N) is 2. The second kappa shape index (κ2) is 9.58. The lowest BCUT2D eigenvalue weighted by molar-refractivity contribution is 0.101. The molecule has 0 spiro atoms. The summed E-state index contributed by atoms with van der Waals surface area (Å²) in [6.07, 6.45) is 0.715. The Morgan fingerprint density at radius 2 is 0.946 bits per heavy atom. The third-order valence-corrected chi connectivity index (χ3v) is 6.10. The topological polar surface area (TPSA) is 95.1 Å². The summed E-state index contributed by atoms with van der Waals surface area (Å²) >= 11 is 0. The van der Waals surface area contributed by atoms with Gasteiger partial charge in [0.1, 0.15) is 0 Å². The summed E-state index contributed by atoms with van der Waals surface area (Å²) in [5, 5.41) is 5.81. The highest BCUT2D eigenvalue weighted by Gasteiger charge is 2.17. The highest BCUT2D eigenvalue weighted by Crippen LogP contribution is 2.33. The number of rotatable bonds is 6. The molecule has 2 amide bonds. The number of carbonyl (C=O) groups is 2. The Labute approximate surface area is 212 Å². The van der Waals surface area contributed by atoms with Crippen molar-refractivity contribution >= 4 is 23.2 Å². The first-order chi connectivity index (χ1) is 18.1. The second-order valence-electron chi connectivity index (χ2n) is 8.61. The van der Waals surface area contributed by atoms with Crippen LogP contribution in [0.15, 0.2) is 84.9 Å². The number of benzene rings is 4. The lowest BCUT2D eigenvalue weighted by Gasteiger charge is -2.09. The van der Waals surface area contributed by atoms with Crippen molar-refractivity contribution in [3.63, 3.8) is 0 Å². The molecule has 2 aliphatic heterocycles. The van der Waals surface area contributed by atoms with Gasteiger partial charge in [0.25, 0.3) is 11.8 Å². The van der Waals surface area contributed by atoms with E-state index >= 15 is 0 Å². The Hall–Kier alpha value is -4.98. The van der Waals surface area contributed by atoms with Crippen LogP contribution in [0.5, 0.6) is 23.0 Å². The molecule has 0 saturated carbocycles. The van der Waals surface area contributed by atoms with Gasteiger partial charge in [-0.3, -0.25) is 9.59 Å². The molecule has 0 bridgehead atoms. The second-order valence-corrected chi connectivity index (χ2v) is 8.61. The van der Waals surface area contributed by atoms with Gasteiger partial charge in [0.2, 0.25) is 13.6 Å². The quantitative estimate of drug-likeness (QED) is 0.381. The molecule has 184 valence electrons. The lowest BCUT2D eigenvalue weighted by atomic mass is 10.0. The standard InChI is InChI=1S/C29H22N2O6/c32-28(20-5-11-24-26(14-20)36-16-34-24)30-22-7-1-18(2-8-22)13-19-3-9-23(10-4-19)31-29(33)21-6-12-25-27(15-21)37-17-35-25/h1-12,14-15H,13,16-17H2,(H,30,32)(H,31,33). The van der Waals surface area contributed by atoms with Crippen molar-refractivity contribution in [2.75, 3.05) is 24.2 Å². The Morgan fingerprint density at radius 3 is 1.38 bits per heavy atom. The van der Waals surface area contributed by atoms with Gasteiger partial charge in [-0.05, 0) is 78.2 Å². The van der Waals surface area contributed by atoms with Crippen LogP contribution in [0.4, 0.5) is 11.4 Å². The van der Waals surface area contributed by atoms with Crippen molar-refractivity contribution in [2.45, 2.75) is 6.42 Å². The summed E-state index contributed by atoms with van der Waals surface area (Å²) < 4.78 is 21.3. The van der Waals surface area contributed by atoms with Gasteiger partial charge in [0.05, 0.1) is 0 Å². The molecule has 0 radical (unpaired) electrons. The smallest absolute Gasteiger partial charge is 0.255 e. The van der Waals surface area contributed by atoms with Gasteiger partial charge >= 0.3 is 0 Å². The van der Waals surface area contributed by atoms with Crippen molar-refractivity contribution < 1.29 is 28.5 Å². The number of carbonyl (C=O) groups excluding carboxylic acids is 2. The molecular weight excluding hydrogens is 472 g/mol. The Kier molecular flexibility index (Phi) is 5.82. The van der Waals surface area contributed by atoms with Crippen LogP contribution in [0, 0.1) is 0 Å². The summed E-state index contributed by atoms with van der Waals surface area (Å²) in [4.78, 5) is 25.2. The van der Waals surface area contributed by atoms with Gasteiger partial charge in [-0.15, -0.1) is 0 Å². The maximum atomic E-state index is 12.6. The Bertz CT molecular complexity index is 1370. The number of fused-ring (bicyclic) bond motifs is 2. The molecule has 0 saturated heterocycles. The van der Waals surface area contributed by atoms with E-state index in [1.54, 1.807) is 36.4 Å². The van der Waals surface area contributed by atoms with Gasteiger partial charge in [-0.2, -0.15) is 0 Å². The third kappa shape index (κ3) is 4.90. The minimum Gasteiger partial charge on any atom is -0.454 e.